The van der Waals surface area contributed by atoms with E-state index in [4.69, 9.17) is 4.74 Å². The Morgan fingerprint density at radius 2 is 2.18 bits per heavy atom. The summed E-state index contributed by atoms with van der Waals surface area (Å²) < 4.78 is 6.45. The minimum Gasteiger partial charge on any atom is -0.444 e. The van der Waals surface area contributed by atoms with Crippen LogP contribution >= 0.6 is 15.9 Å². The van der Waals surface area contributed by atoms with Crippen LogP contribution in [0.25, 0.3) is 0 Å². The van der Waals surface area contributed by atoms with Crippen molar-refractivity contribution in [3.63, 3.8) is 0 Å². The van der Waals surface area contributed by atoms with Crippen LogP contribution in [0, 0.1) is 0 Å². The van der Waals surface area contributed by atoms with Crippen LogP contribution in [-0.4, -0.2) is 40.7 Å². The van der Waals surface area contributed by atoms with Crippen molar-refractivity contribution in [1.82, 2.24) is 15.2 Å². The van der Waals surface area contributed by atoms with Crippen molar-refractivity contribution in [3.05, 3.63) is 28.5 Å². The third-order valence-corrected chi connectivity index (χ3v) is 3.67. The topological polar surface area (TPSA) is 54.5 Å². The Morgan fingerprint density at radius 1 is 1.45 bits per heavy atom. The van der Waals surface area contributed by atoms with E-state index in [1.165, 1.54) is 0 Å². The number of nitrogens with zero attached hydrogens (tertiary/aromatic N) is 2. The van der Waals surface area contributed by atoms with E-state index in [2.05, 4.69) is 26.2 Å². The highest BCUT2D eigenvalue weighted by atomic mass is 79.9. The van der Waals surface area contributed by atoms with Gasteiger partial charge in [0.05, 0.1) is 0 Å². The van der Waals surface area contributed by atoms with Crippen LogP contribution < -0.4 is 5.32 Å². The Labute approximate surface area is 140 Å². The van der Waals surface area contributed by atoms with Crippen molar-refractivity contribution in [2.75, 3.05) is 13.1 Å². The summed E-state index contributed by atoms with van der Waals surface area (Å²) in [5.74, 6) is 0. The quantitative estimate of drug-likeness (QED) is 0.781. The number of hydrogen-bond acceptors (Lipinski definition) is 4. The molecule has 0 saturated heterocycles. The molecule has 0 radical (unpaired) electrons. The molecule has 0 spiro atoms. The number of carbonyl (C=O) groups excluding carboxylic acids is 1. The fraction of sp³-hybridized carbons (Fsp3) is 0.625. The highest BCUT2D eigenvalue weighted by Gasteiger charge is 2.34. The van der Waals surface area contributed by atoms with Gasteiger partial charge in [-0.25, -0.2) is 4.79 Å². The van der Waals surface area contributed by atoms with Gasteiger partial charge < -0.3 is 15.0 Å². The summed E-state index contributed by atoms with van der Waals surface area (Å²) in [4.78, 5) is 18.2. The molecular formula is C16H24BrN3O2. The third-order valence-electron chi connectivity index (χ3n) is 3.24. The summed E-state index contributed by atoms with van der Waals surface area (Å²) >= 11 is 3.41. The maximum atomic E-state index is 12.2. The van der Waals surface area contributed by atoms with Crippen molar-refractivity contribution in [1.29, 1.82) is 0 Å². The van der Waals surface area contributed by atoms with Crippen molar-refractivity contribution in [2.45, 2.75) is 51.8 Å². The first kappa shape index (κ1) is 17.2. The van der Waals surface area contributed by atoms with E-state index in [0.717, 1.165) is 36.0 Å². The van der Waals surface area contributed by atoms with Crippen molar-refractivity contribution < 1.29 is 9.53 Å². The van der Waals surface area contributed by atoms with Crippen LogP contribution in [0.4, 0.5) is 4.79 Å². The second-order valence-electron chi connectivity index (χ2n) is 6.59. The highest BCUT2D eigenvalue weighted by molar-refractivity contribution is 9.10. The van der Waals surface area contributed by atoms with Gasteiger partial charge in [-0.15, -0.1) is 0 Å². The predicted molar refractivity (Wildman–Crippen MR) is 89.6 cm³/mol. The number of ether oxygens (including phenoxy) is 1. The van der Waals surface area contributed by atoms with Gasteiger partial charge in [0.15, 0.2) is 0 Å². The fourth-order valence-corrected chi connectivity index (χ4v) is 2.53. The smallest absolute Gasteiger partial charge is 0.410 e. The van der Waals surface area contributed by atoms with E-state index in [1.54, 1.807) is 6.20 Å². The zero-order valence-electron chi connectivity index (χ0n) is 13.4. The van der Waals surface area contributed by atoms with Gasteiger partial charge in [0, 0.05) is 42.5 Å². The molecule has 1 fully saturated rings. The summed E-state index contributed by atoms with van der Waals surface area (Å²) in [5.41, 5.74) is 0.671. The molecule has 2 rings (SSSR count). The normalized spacial score (nSPS) is 14.7. The van der Waals surface area contributed by atoms with E-state index in [9.17, 15) is 4.79 Å². The molecule has 1 aliphatic carbocycles. The average Bonchev–Trinajstić information content (AvgIpc) is 3.21. The molecule has 1 aromatic heterocycles. The Morgan fingerprint density at radius 3 is 2.77 bits per heavy atom. The van der Waals surface area contributed by atoms with Crippen molar-refractivity contribution in [2.24, 2.45) is 0 Å². The van der Waals surface area contributed by atoms with E-state index < -0.39 is 5.60 Å². The third kappa shape index (κ3) is 5.93. The van der Waals surface area contributed by atoms with Gasteiger partial charge in [-0.2, -0.15) is 0 Å². The number of rotatable bonds is 6. The largest absolute Gasteiger partial charge is 0.444 e. The molecule has 0 aromatic carbocycles. The molecule has 1 saturated carbocycles. The maximum Gasteiger partial charge on any atom is 0.410 e. The summed E-state index contributed by atoms with van der Waals surface area (Å²) in [6, 6.07) is 2.39. The lowest BCUT2D eigenvalue weighted by molar-refractivity contribution is 0.0236. The lowest BCUT2D eigenvalue weighted by atomic mass is 10.2. The Hall–Kier alpha value is -1.14. The lowest BCUT2D eigenvalue weighted by Gasteiger charge is -2.27. The molecule has 1 aliphatic rings. The van der Waals surface area contributed by atoms with Gasteiger partial charge in [-0.05, 0) is 61.2 Å². The van der Waals surface area contributed by atoms with E-state index in [0.29, 0.717) is 12.6 Å². The van der Waals surface area contributed by atoms with Crippen molar-refractivity contribution >= 4 is 22.0 Å². The SMILES string of the molecule is CC(C)(C)OC(=O)N(CCNCc1cncc(Br)c1)C1CC1. The molecule has 0 aliphatic heterocycles. The maximum absolute atomic E-state index is 12.2. The number of pyridine rings is 1. The number of halogens is 1. The van der Waals surface area contributed by atoms with Gasteiger partial charge >= 0.3 is 6.09 Å². The van der Waals surface area contributed by atoms with Gasteiger partial charge in [0.2, 0.25) is 0 Å². The number of aromatic nitrogens is 1. The first-order valence-electron chi connectivity index (χ1n) is 7.65. The van der Waals surface area contributed by atoms with Crippen LogP contribution in [-0.2, 0) is 11.3 Å². The molecule has 0 bridgehead atoms. The van der Waals surface area contributed by atoms with Gasteiger partial charge in [-0.1, -0.05) is 0 Å². The summed E-state index contributed by atoms with van der Waals surface area (Å²) in [6.45, 7) is 7.83. The highest BCUT2D eigenvalue weighted by Crippen LogP contribution is 2.28. The molecule has 1 heterocycles. The molecule has 22 heavy (non-hydrogen) atoms. The number of hydrogen-bond donors (Lipinski definition) is 1. The van der Waals surface area contributed by atoms with Crippen LogP contribution in [0.1, 0.15) is 39.2 Å². The summed E-state index contributed by atoms with van der Waals surface area (Å²) in [5, 5.41) is 3.35. The van der Waals surface area contributed by atoms with Crippen LogP contribution in [0.3, 0.4) is 0 Å². The molecule has 0 atom stereocenters. The summed E-state index contributed by atoms with van der Waals surface area (Å²) in [6.07, 6.45) is 5.55. The zero-order valence-corrected chi connectivity index (χ0v) is 15.0. The lowest BCUT2D eigenvalue weighted by Crippen LogP contribution is -2.41. The second kappa shape index (κ2) is 7.42. The predicted octanol–water partition coefficient (Wildman–Crippen LogP) is 3.33. The fourth-order valence-electron chi connectivity index (χ4n) is 2.11. The average molecular weight is 370 g/mol. The number of nitrogens with one attached hydrogen (secondary N) is 1. The monoisotopic (exact) mass is 369 g/mol. The molecule has 1 N–H and O–H groups in total. The summed E-state index contributed by atoms with van der Waals surface area (Å²) in [7, 11) is 0. The van der Waals surface area contributed by atoms with Gasteiger partial charge in [0.25, 0.3) is 0 Å². The standard InChI is InChI=1S/C16H24BrN3O2/c1-16(2,3)22-15(21)20(14-4-5-14)7-6-18-9-12-8-13(17)11-19-10-12/h8,10-11,14,18H,4-7,9H2,1-3H3. The van der Waals surface area contributed by atoms with Gasteiger partial charge in [-0.3, -0.25) is 4.98 Å². The molecule has 1 amide bonds. The Balaban J connectivity index is 1.76. The van der Waals surface area contributed by atoms with Gasteiger partial charge in [0.1, 0.15) is 5.60 Å². The van der Waals surface area contributed by atoms with E-state index in [-0.39, 0.29) is 6.09 Å². The molecule has 5 nitrogen and oxygen atoms in total. The minimum absolute atomic E-state index is 0.207. The minimum atomic E-state index is -0.445. The Kier molecular flexibility index (Phi) is 5.81. The molecule has 1 aromatic rings. The Bertz CT molecular complexity index is 512. The van der Waals surface area contributed by atoms with E-state index in [1.807, 2.05) is 37.9 Å². The second-order valence-corrected chi connectivity index (χ2v) is 7.51. The molecule has 0 unspecified atom stereocenters. The zero-order chi connectivity index (χ0) is 16.2. The van der Waals surface area contributed by atoms with Crippen LogP contribution in [0.5, 0.6) is 0 Å². The van der Waals surface area contributed by atoms with Crippen LogP contribution in [0.15, 0.2) is 22.9 Å². The molecular weight excluding hydrogens is 346 g/mol. The molecule has 6 heteroatoms. The first-order valence-corrected chi connectivity index (χ1v) is 8.44. The van der Waals surface area contributed by atoms with E-state index >= 15 is 0 Å². The first-order chi connectivity index (χ1) is 10.3. The van der Waals surface area contributed by atoms with Crippen LogP contribution in [0.2, 0.25) is 0 Å². The number of carbonyl (C=O) groups is 1. The molecule has 122 valence electrons. The van der Waals surface area contributed by atoms with Crippen molar-refractivity contribution in [3.8, 4) is 0 Å². The number of amides is 1.